The van der Waals surface area contributed by atoms with Crippen molar-refractivity contribution in [3.8, 4) is 5.75 Å². The lowest BCUT2D eigenvalue weighted by molar-refractivity contribution is -0.137. The summed E-state index contributed by atoms with van der Waals surface area (Å²) in [6.07, 6.45) is 1.70. The molecule has 18 heteroatoms. The number of anilines is 2. The smallest absolute Gasteiger partial charge is 0.416 e. The van der Waals surface area contributed by atoms with E-state index in [-0.39, 0.29) is 77.7 Å². The number of hydrogen-bond donors (Lipinski definition) is 2. The SMILES string of the molecule is CCc1c(N2CCN(C(=O)c3ncnc(C)c3O)CC2)c(=O)n2nc(/C=C/c3ccccn3)nc2n1CC(=O)Nc1ccc(C(F)(F)F)cc1Cl. The van der Waals surface area contributed by atoms with Crippen LogP contribution in [0.25, 0.3) is 17.9 Å². The molecule has 2 N–H and O–H groups in total. The van der Waals surface area contributed by atoms with Gasteiger partial charge in [-0.3, -0.25) is 19.4 Å². The molecule has 5 heterocycles. The monoisotopic (exact) mass is 722 g/mol. The number of piperazine rings is 1. The number of nitrogens with one attached hydrogen (secondary N) is 1. The zero-order valence-corrected chi connectivity index (χ0v) is 28.0. The Morgan fingerprint density at radius 2 is 1.82 bits per heavy atom. The molecule has 5 aromatic rings. The maximum absolute atomic E-state index is 14.1. The number of amides is 2. The summed E-state index contributed by atoms with van der Waals surface area (Å²) in [5.74, 6) is -1.22. The molecule has 0 saturated carbocycles. The van der Waals surface area contributed by atoms with E-state index in [1.165, 1.54) is 15.8 Å². The van der Waals surface area contributed by atoms with Crippen LogP contribution in [0.1, 0.15) is 45.9 Å². The van der Waals surface area contributed by atoms with Crippen molar-refractivity contribution in [1.82, 2.24) is 39.0 Å². The number of fused-ring (bicyclic) bond motifs is 1. The van der Waals surface area contributed by atoms with Gasteiger partial charge in [-0.2, -0.15) is 22.7 Å². The summed E-state index contributed by atoms with van der Waals surface area (Å²) < 4.78 is 42.2. The molecule has 4 aromatic heterocycles. The Kier molecular flexibility index (Phi) is 9.73. The van der Waals surface area contributed by atoms with E-state index < -0.39 is 35.7 Å². The largest absolute Gasteiger partial charge is 0.504 e. The van der Waals surface area contributed by atoms with Crippen molar-refractivity contribution >= 4 is 52.7 Å². The highest BCUT2D eigenvalue weighted by atomic mass is 35.5. The number of aryl methyl sites for hydroxylation is 1. The van der Waals surface area contributed by atoms with Crippen LogP contribution in [0, 0.1) is 6.92 Å². The fraction of sp³-hybridized carbons (Fsp3) is 0.273. The number of benzene rings is 1. The number of nitrogens with zero attached hydrogens (tertiary/aromatic N) is 9. The molecule has 264 valence electrons. The van der Waals surface area contributed by atoms with Crippen LogP contribution in [0.2, 0.25) is 5.02 Å². The molecule has 1 fully saturated rings. The van der Waals surface area contributed by atoms with Crippen molar-refractivity contribution in [2.75, 3.05) is 36.4 Å². The van der Waals surface area contributed by atoms with Crippen LogP contribution in [0.3, 0.4) is 0 Å². The maximum Gasteiger partial charge on any atom is 0.416 e. The molecule has 1 aromatic carbocycles. The molecule has 2 amide bonds. The van der Waals surface area contributed by atoms with Gasteiger partial charge in [0.1, 0.15) is 18.6 Å². The van der Waals surface area contributed by atoms with E-state index in [2.05, 4.69) is 30.4 Å². The lowest BCUT2D eigenvalue weighted by Gasteiger charge is -2.36. The van der Waals surface area contributed by atoms with Crippen LogP contribution in [-0.4, -0.2) is 82.1 Å². The first kappa shape index (κ1) is 35.0. The van der Waals surface area contributed by atoms with Gasteiger partial charge in [0.15, 0.2) is 17.3 Å². The van der Waals surface area contributed by atoms with Gasteiger partial charge in [-0.25, -0.2) is 9.97 Å². The molecule has 0 atom stereocenters. The van der Waals surface area contributed by atoms with Crippen molar-refractivity contribution in [1.29, 1.82) is 0 Å². The van der Waals surface area contributed by atoms with Crippen molar-refractivity contribution in [2.24, 2.45) is 0 Å². The molecule has 0 unspecified atom stereocenters. The Morgan fingerprint density at radius 3 is 2.49 bits per heavy atom. The molecule has 1 saturated heterocycles. The van der Waals surface area contributed by atoms with E-state index in [1.54, 1.807) is 55.3 Å². The number of hydrogen-bond acceptors (Lipinski definition) is 10. The first-order valence-electron chi connectivity index (χ1n) is 15.7. The number of carbonyl (C=O) groups is 2. The minimum atomic E-state index is -4.62. The molecule has 14 nitrogen and oxygen atoms in total. The molecule has 51 heavy (non-hydrogen) atoms. The minimum absolute atomic E-state index is 0.0313. The fourth-order valence-electron chi connectivity index (χ4n) is 5.68. The van der Waals surface area contributed by atoms with Gasteiger partial charge in [0, 0.05) is 32.4 Å². The van der Waals surface area contributed by atoms with E-state index in [4.69, 9.17) is 11.6 Å². The van der Waals surface area contributed by atoms with E-state index in [9.17, 15) is 32.7 Å². The average molecular weight is 723 g/mol. The second-order valence-electron chi connectivity index (χ2n) is 11.5. The molecule has 1 aliphatic heterocycles. The van der Waals surface area contributed by atoms with Gasteiger partial charge < -0.3 is 24.8 Å². The summed E-state index contributed by atoms with van der Waals surface area (Å²) in [4.78, 5) is 60.7. The van der Waals surface area contributed by atoms with Gasteiger partial charge in [-0.1, -0.05) is 24.6 Å². The number of alkyl halides is 3. The van der Waals surface area contributed by atoms with Gasteiger partial charge in [-0.05, 0) is 55.8 Å². The highest BCUT2D eigenvalue weighted by Gasteiger charge is 2.32. The van der Waals surface area contributed by atoms with Gasteiger partial charge in [0.25, 0.3) is 11.5 Å². The summed E-state index contributed by atoms with van der Waals surface area (Å²) in [6, 6.07) is 7.94. The highest BCUT2D eigenvalue weighted by molar-refractivity contribution is 6.33. The quantitative estimate of drug-likeness (QED) is 0.238. The number of aromatic nitrogens is 7. The number of rotatable bonds is 8. The van der Waals surface area contributed by atoms with E-state index in [1.807, 2.05) is 0 Å². The first-order chi connectivity index (χ1) is 24.3. The van der Waals surface area contributed by atoms with Gasteiger partial charge >= 0.3 is 6.18 Å². The Hall–Kier alpha value is -5.84. The third kappa shape index (κ3) is 7.23. The maximum atomic E-state index is 14.1. The topological polar surface area (TPSA) is 164 Å². The zero-order valence-electron chi connectivity index (χ0n) is 27.2. The van der Waals surface area contributed by atoms with Crippen LogP contribution in [0.15, 0.2) is 53.7 Å². The van der Waals surface area contributed by atoms with Crippen molar-refractivity contribution in [3.63, 3.8) is 0 Å². The molecule has 0 radical (unpaired) electrons. The van der Waals surface area contributed by atoms with Crippen LogP contribution in [0.4, 0.5) is 24.5 Å². The van der Waals surface area contributed by atoms with Crippen molar-refractivity contribution in [3.05, 3.63) is 98.5 Å². The molecular weight excluding hydrogens is 693 g/mol. The number of aromatic hydroxyl groups is 1. The zero-order chi connectivity index (χ0) is 36.4. The van der Waals surface area contributed by atoms with E-state index in [0.29, 0.717) is 11.4 Å². The summed E-state index contributed by atoms with van der Waals surface area (Å²) in [5, 5.41) is 17.0. The van der Waals surface area contributed by atoms with Crippen LogP contribution >= 0.6 is 11.6 Å². The highest BCUT2D eigenvalue weighted by Crippen LogP contribution is 2.34. The third-order valence-electron chi connectivity index (χ3n) is 8.23. The molecular formula is C33H30ClF3N10O4. The van der Waals surface area contributed by atoms with Crippen molar-refractivity contribution in [2.45, 2.75) is 33.0 Å². The minimum Gasteiger partial charge on any atom is -0.504 e. The normalized spacial score (nSPS) is 13.7. The van der Waals surface area contributed by atoms with E-state index in [0.717, 1.165) is 22.7 Å². The van der Waals surface area contributed by atoms with Crippen LogP contribution < -0.4 is 15.8 Å². The molecule has 0 bridgehead atoms. The molecule has 6 rings (SSSR count). The summed E-state index contributed by atoms with van der Waals surface area (Å²) in [6.45, 7) is 3.77. The molecule has 0 aliphatic carbocycles. The Bertz CT molecular complexity index is 2210. The van der Waals surface area contributed by atoms with Crippen LogP contribution in [0.5, 0.6) is 5.75 Å². The standard InChI is InChI=1S/C33H30ClF3N10O4/c1-3-24-28(44-12-14-45(15-13-44)30(50)27-29(49)19(2)39-18-40-27)31(51)47-32(42-25(43-47)10-8-21-6-4-5-11-38-21)46(24)17-26(48)41-23-9-7-20(16-22(23)34)33(35,36)37/h4-11,16,18,49H,3,12-15,17H2,1-2H3,(H,41,48)/b10-8+. The Morgan fingerprint density at radius 1 is 1.06 bits per heavy atom. The first-order valence-corrected chi connectivity index (χ1v) is 16.1. The van der Waals surface area contributed by atoms with Crippen LogP contribution in [-0.2, 0) is 23.9 Å². The summed E-state index contributed by atoms with van der Waals surface area (Å²) in [7, 11) is 0. The second kappa shape index (κ2) is 14.2. The third-order valence-corrected chi connectivity index (χ3v) is 8.54. The summed E-state index contributed by atoms with van der Waals surface area (Å²) in [5.41, 5.74) is -0.0596. The number of halogens is 4. The summed E-state index contributed by atoms with van der Waals surface area (Å²) >= 11 is 6.10. The Labute approximate surface area is 292 Å². The lowest BCUT2D eigenvalue weighted by atomic mass is 10.2. The van der Waals surface area contributed by atoms with E-state index >= 15 is 0 Å². The second-order valence-corrected chi connectivity index (χ2v) is 11.9. The number of carbonyl (C=O) groups excluding carboxylic acids is 2. The van der Waals surface area contributed by atoms with Gasteiger partial charge in [0.05, 0.1) is 33.4 Å². The predicted molar refractivity (Wildman–Crippen MR) is 181 cm³/mol. The molecule has 1 aliphatic rings. The number of pyridine rings is 1. The average Bonchev–Trinajstić information content (AvgIpc) is 3.55. The van der Waals surface area contributed by atoms with Crippen molar-refractivity contribution < 1.29 is 27.9 Å². The fourth-order valence-corrected chi connectivity index (χ4v) is 5.91. The lowest BCUT2D eigenvalue weighted by Crippen LogP contribution is -2.51. The predicted octanol–water partition coefficient (Wildman–Crippen LogP) is 4.10. The molecule has 0 spiro atoms. The van der Waals surface area contributed by atoms with Gasteiger partial charge in [-0.15, -0.1) is 5.10 Å². The van der Waals surface area contributed by atoms with Gasteiger partial charge in [0.2, 0.25) is 11.7 Å². The Balaban J connectivity index is 1.35.